The number of nitriles is 1. The molecule has 1 aromatic carbocycles. The summed E-state index contributed by atoms with van der Waals surface area (Å²) >= 11 is 0. The van der Waals surface area contributed by atoms with E-state index in [1.807, 2.05) is 13.8 Å². The highest BCUT2D eigenvalue weighted by atomic mass is 16.5. The van der Waals surface area contributed by atoms with Gasteiger partial charge in [0.1, 0.15) is 23.1 Å². The van der Waals surface area contributed by atoms with E-state index in [2.05, 4.69) is 21.6 Å². The molecule has 0 aliphatic rings. The van der Waals surface area contributed by atoms with Gasteiger partial charge in [-0.25, -0.2) is 0 Å². The lowest BCUT2D eigenvalue weighted by Crippen LogP contribution is -2.04. The molecule has 6 heteroatoms. The first-order valence-corrected chi connectivity index (χ1v) is 6.33. The summed E-state index contributed by atoms with van der Waals surface area (Å²) in [6.07, 6.45) is 0. The molecular formula is C15H16N4O2. The second-order valence-electron chi connectivity index (χ2n) is 4.44. The van der Waals surface area contributed by atoms with Gasteiger partial charge in [-0.05, 0) is 31.5 Å². The van der Waals surface area contributed by atoms with Gasteiger partial charge in [-0.15, -0.1) is 5.10 Å². The fourth-order valence-electron chi connectivity index (χ4n) is 1.86. The highest BCUT2D eigenvalue weighted by Crippen LogP contribution is 2.32. The molecule has 0 radical (unpaired) electrons. The van der Waals surface area contributed by atoms with E-state index in [9.17, 15) is 5.26 Å². The average Bonchev–Trinajstić information content (AvgIpc) is 2.51. The van der Waals surface area contributed by atoms with Crippen LogP contribution in [0.3, 0.4) is 0 Å². The molecule has 0 spiro atoms. The van der Waals surface area contributed by atoms with Crippen molar-refractivity contribution in [2.75, 3.05) is 19.5 Å². The number of hydrogen-bond donors (Lipinski definition) is 1. The van der Waals surface area contributed by atoms with Crippen molar-refractivity contribution in [1.29, 1.82) is 5.26 Å². The Labute approximate surface area is 123 Å². The monoisotopic (exact) mass is 284 g/mol. The van der Waals surface area contributed by atoms with Crippen molar-refractivity contribution in [3.63, 3.8) is 0 Å². The van der Waals surface area contributed by atoms with Crippen LogP contribution in [0.5, 0.6) is 11.5 Å². The molecule has 0 fully saturated rings. The molecule has 1 aromatic heterocycles. The van der Waals surface area contributed by atoms with Crippen LogP contribution in [0.1, 0.15) is 16.8 Å². The summed E-state index contributed by atoms with van der Waals surface area (Å²) in [4.78, 5) is 0. The molecule has 21 heavy (non-hydrogen) atoms. The van der Waals surface area contributed by atoms with Gasteiger partial charge in [0.05, 0.1) is 25.6 Å². The van der Waals surface area contributed by atoms with Crippen LogP contribution in [0.2, 0.25) is 0 Å². The number of methoxy groups -OCH3 is 2. The maximum Gasteiger partial charge on any atom is 0.171 e. The van der Waals surface area contributed by atoms with Crippen LogP contribution < -0.4 is 14.8 Å². The first kappa shape index (κ1) is 14.6. The van der Waals surface area contributed by atoms with E-state index in [1.54, 1.807) is 32.4 Å². The normalized spacial score (nSPS) is 9.86. The second-order valence-corrected chi connectivity index (χ2v) is 4.44. The number of hydrogen-bond acceptors (Lipinski definition) is 6. The quantitative estimate of drug-likeness (QED) is 0.929. The Morgan fingerprint density at radius 3 is 2.52 bits per heavy atom. The Balaban J connectivity index is 2.44. The van der Waals surface area contributed by atoms with Crippen LogP contribution in [-0.4, -0.2) is 24.4 Å². The Morgan fingerprint density at radius 2 is 1.90 bits per heavy atom. The highest BCUT2D eigenvalue weighted by molar-refractivity contribution is 5.69. The fourth-order valence-corrected chi connectivity index (χ4v) is 1.86. The molecule has 2 rings (SSSR count). The van der Waals surface area contributed by atoms with Crippen molar-refractivity contribution >= 4 is 11.5 Å². The number of benzene rings is 1. The second kappa shape index (κ2) is 6.09. The van der Waals surface area contributed by atoms with Crippen molar-refractivity contribution in [3.05, 3.63) is 35.0 Å². The molecule has 0 saturated heterocycles. The van der Waals surface area contributed by atoms with Gasteiger partial charge in [0.25, 0.3) is 0 Å². The summed E-state index contributed by atoms with van der Waals surface area (Å²) < 4.78 is 10.5. The third-order valence-electron chi connectivity index (χ3n) is 3.23. The van der Waals surface area contributed by atoms with Crippen molar-refractivity contribution in [2.45, 2.75) is 13.8 Å². The van der Waals surface area contributed by atoms with Gasteiger partial charge in [0.15, 0.2) is 5.82 Å². The summed E-state index contributed by atoms with van der Waals surface area (Å²) in [6, 6.07) is 7.51. The zero-order valence-corrected chi connectivity index (χ0v) is 12.4. The van der Waals surface area contributed by atoms with Gasteiger partial charge < -0.3 is 14.8 Å². The average molecular weight is 284 g/mol. The predicted molar refractivity (Wildman–Crippen MR) is 79.0 cm³/mol. The van der Waals surface area contributed by atoms with Crippen LogP contribution in [0.4, 0.5) is 11.5 Å². The molecule has 0 aliphatic carbocycles. The lowest BCUT2D eigenvalue weighted by molar-refractivity contribution is 0.395. The van der Waals surface area contributed by atoms with Crippen LogP contribution in [0, 0.1) is 25.2 Å². The van der Waals surface area contributed by atoms with Crippen molar-refractivity contribution in [2.24, 2.45) is 0 Å². The number of rotatable bonds is 4. The largest absolute Gasteiger partial charge is 0.497 e. The number of ether oxygens (including phenoxy) is 2. The third-order valence-corrected chi connectivity index (χ3v) is 3.23. The molecule has 0 aliphatic heterocycles. The molecule has 0 saturated carbocycles. The molecule has 0 atom stereocenters. The smallest absolute Gasteiger partial charge is 0.171 e. The standard InChI is InChI=1S/C15H16N4O2/c1-9-10(2)18-19-15(12(9)8-16)17-13-6-5-11(20-3)7-14(13)21-4/h5-7H,1-4H3,(H,17,19). The number of nitrogens with one attached hydrogen (secondary N) is 1. The van der Waals surface area contributed by atoms with E-state index in [1.165, 1.54) is 0 Å². The number of nitrogens with zero attached hydrogens (tertiary/aromatic N) is 3. The van der Waals surface area contributed by atoms with Gasteiger partial charge in [-0.2, -0.15) is 10.4 Å². The summed E-state index contributed by atoms with van der Waals surface area (Å²) in [5.74, 6) is 1.69. The first-order chi connectivity index (χ1) is 10.1. The van der Waals surface area contributed by atoms with E-state index in [-0.39, 0.29) is 0 Å². The van der Waals surface area contributed by atoms with Crippen molar-refractivity contribution in [3.8, 4) is 17.6 Å². The van der Waals surface area contributed by atoms with Crippen LogP contribution in [-0.2, 0) is 0 Å². The number of anilines is 2. The van der Waals surface area contributed by atoms with Gasteiger partial charge in [0, 0.05) is 6.07 Å². The maximum absolute atomic E-state index is 9.30. The minimum atomic E-state index is 0.407. The Hall–Kier alpha value is -2.81. The Morgan fingerprint density at radius 1 is 1.14 bits per heavy atom. The summed E-state index contributed by atoms with van der Waals surface area (Å²) in [5.41, 5.74) is 2.70. The van der Waals surface area contributed by atoms with E-state index in [0.717, 1.165) is 11.3 Å². The molecule has 2 aromatic rings. The molecule has 0 unspecified atom stereocenters. The van der Waals surface area contributed by atoms with Crippen LogP contribution in [0.25, 0.3) is 0 Å². The first-order valence-electron chi connectivity index (χ1n) is 6.33. The van der Waals surface area contributed by atoms with E-state index in [0.29, 0.717) is 28.6 Å². The van der Waals surface area contributed by atoms with E-state index in [4.69, 9.17) is 9.47 Å². The molecule has 6 nitrogen and oxygen atoms in total. The van der Waals surface area contributed by atoms with Crippen molar-refractivity contribution in [1.82, 2.24) is 10.2 Å². The molecular weight excluding hydrogens is 268 g/mol. The lowest BCUT2D eigenvalue weighted by atomic mass is 10.1. The Bertz CT molecular complexity index is 708. The predicted octanol–water partition coefficient (Wildman–Crippen LogP) is 2.73. The SMILES string of the molecule is COc1ccc(Nc2nnc(C)c(C)c2C#N)c(OC)c1. The van der Waals surface area contributed by atoms with E-state index < -0.39 is 0 Å². The molecule has 0 bridgehead atoms. The molecule has 0 amide bonds. The number of aryl methyl sites for hydroxylation is 1. The minimum absolute atomic E-state index is 0.407. The zero-order chi connectivity index (χ0) is 15.4. The molecule has 108 valence electrons. The van der Waals surface area contributed by atoms with Gasteiger partial charge in [-0.3, -0.25) is 0 Å². The molecule has 1 heterocycles. The van der Waals surface area contributed by atoms with Gasteiger partial charge in [-0.1, -0.05) is 0 Å². The number of aromatic nitrogens is 2. The zero-order valence-electron chi connectivity index (χ0n) is 12.4. The van der Waals surface area contributed by atoms with Gasteiger partial charge in [0.2, 0.25) is 0 Å². The summed E-state index contributed by atoms with van der Waals surface area (Å²) in [6.45, 7) is 3.67. The molecule has 1 N–H and O–H groups in total. The van der Waals surface area contributed by atoms with Gasteiger partial charge >= 0.3 is 0 Å². The highest BCUT2D eigenvalue weighted by Gasteiger charge is 2.13. The maximum atomic E-state index is 9.30. The Kier molecular flexibility index (Phi) is 4.24. The summed E-state index contributed by atoms with van der Waals surface area (Å²) in [5, 5.41) is 20.5. The minimum Gasteiger partial charge on any atom is -0.497 e. The van der Waals surface area contributed by atoms with Crippen molar-refractivity contribution < 1.29 is 9.47 Å². The fraction of sp³-hybridized carbons (Fsp3) is 0.267. The third kappa shape index (κ3) is 2.87. The summed E-state index contributed by atoms with van der Waals surface area (Å²) in [7, 11) is 3.15. The van der Waals surface area contributed by atoms with E-state index >= 15 is 0 Å². The lowest BCUT2D eigenvalue weighted by Gasteiger charge is -2.13. The topological polar surface area (TPSA) is 80.1 Å². The van der Waals surface area contributed by atoms with Crippen LogP contribution in [0.15, 0.2) is 18.2 Å². The van der Waals surface area contributed by atoms with Crippen LogP contribution >= 0.6 is 0 Å².